The molecule has 0 aromatic carbocycles. The Balaban J connectivity index is 3.93. The summed E-state index contributed by atoms with van der Waals surface area (Å²) in [5.74, 6) is 0.0894. The minimum atomic E-state index is -0.273. The number of carbonyl (C=O) groups is 1. The normalized spacial score (nSPS) is 14.6. The first-order valence-corrected chi connectivity index (χ1v) is 4.15. The van der Waals surface area contributed by atoms with Gasteiger partial charge < -0.3 is 5.73 Å². The molecule has 0 aromatic rings. The Kier molecular flexibility index (Phi) is 3.73. The largest absolute Gasteiger partial charge is 0.322 e. The second kappa shape index (κ2) is 3.86. The van der Waals surface area contributed by atoms with Crippen molar-refractivity contribution < 1.29 is 4.79 Å². The number of hydrogen-bond acceptors (Lipinski definition) is 2. The van der Waals surface area contributed by atoms with E-state index in [4.69, 9.17) is 5.73 Å². The van der Waals surface area contributed by atoms with E-state index >= 15 is 0 Å². The van der Waals surface area contributed by atoms with E-state index in [-0.39, 0.29) is 17.2 Å². The van der Waals surface area contributed by atoms with E-state index in [0.717, 1.165) is 12.8 Å². The predicted octanol–water partition coefficient (Wildman–Crippen LogP) is 1.73. The highest BCUT2D eigenvalue weighted by atomic mass is 16.1. The van der Waals surface area contributed by atoms with Gasteiger partial charge in [-0.25, -0.2) is 0 Å². The predicted molar refractivity (Wildman–Crippen MR) is 47.3 cm³/mol. The van der Waals surface area contributed by atoms with Crippen LogP contribution in [-0.2, 0) is 4.79 Å². The zero-order valence-electron chi connectivity index (χ0n) is 7.98. The van der Waals surface area contributed by atoms with Crippen LogP contribution in [0, 0.1) is 5.41 Å². The van der Waals surface area contributed by atoms with E-state index in [0.29, 0.717) is 0 Å². The molecule has 0 amide bonds. The van der Waals surface area contributed by atoms with Crippen molar-refractivity contribution in [3.8, 4) is 0 Å². The van der Waals surface area contributed by atoms with Crippen LogP contribution in [0.25, 0.3) is 0 Å². The number of nitrogens with two attached hydrogens (primary N) is 1. The average molecular weight is 157 g/mol. The van der Waals surface area contributed by atoms with Gasteiger partial charge in [0.15, 0.2) is 0 Å². The second-order valence-corrected chi connectivity index (χ2v) is 3.94. The first kappa shape index (κ1) is 10.6. The fraction of sp³-hybridized carbons (Fsp3) is 0.889. The maximum atomic E-state index is 10.8. The molecule has 0 aliphatic carbocycles. The molecule has 0 radical (unpaired) electrons. The molecule has 0 spiro atoms. The van der Waals surface area contributed by atoms with Crippen molar-refractivity contribution in [2.45, 2.75) is 46.6 Å². The van der Waals surface area contributed by atoms with Crippen molar-refractivity contribution >= 4 is 5.78 Å². The molecule has 11 heavy (non-hydrogen) atoms. The fourth-order valence-electron chi connectivity index (χ4n) is 0.883. The number of ketones is 1. The van der Waals surface area contributed by atoms with Crippen LogP contribution in [0.5, 0.6) is 0 Å². The van der Waals surface area contributed by atoms with Gasteiger partial charge in [0.05, 0.1) is 6.04 Å². The van der Waals surface area contributed by atoms with Gasteiger partial charge in [0.1, 0.15) is 5.78 Å². The van der Waals surface area contributed by atoms with E-state index < -0.39 is 0 Å². The molecular formula is C9H19NO. The van der Waals surface area contributed by atoms with Crippen LogP contribution in [0.2, 0.25) is 0 Å². The summed E-state index contributed by atoms with van der Waals surface area (Å²) in [6.07, 6.45) is 1.85. The molecule has 0 aliphatic heterocycles. The molecule has 66 valence electrons. The number of Topliss-reactive ketones (excluding diaryl/α,β-unsaturated/α-hetero) is 1. The summed E-state index contributed by atoms with van der Waals surface area (Å²) in [5, 5.41) is 0. The van der Waals surface area contributed by atoms with Gasteiger partial charge in [-0.05, 0) is 18.8 Å². The summed E-state index contributed by atoms with van der Waals surface area (Å²) < 4.78 is 0. The first-order valence-electron chi connectivity index (χ1n) is 4.15. The molecule has 0 bridgehead atoms. The Labute approximate surface area is 69.2 Å². The lowest BCUT2D eigenvalue weighted by Crippen LogP contribution is -2.33. The van der Waals surface area contributed by atoms with Gasteiger partial charge in [0.25, 0.3) is 0 Å². The van der Waals surface area contributed by atoms with Crippen LogP contribution in [0.1, 0.15) is 40.5 Å². The number of hydrogen-bond donors (Lipinski definition) is 1. The molecule has 2 N–H and O–H groups in total. The van der Waals surface area contributed by atoms with Gasteiger partial charge in [-0.3, -0.25) is 4.79 Å². The van der Waals surface area contributed by atoms with E-state index in [1.165, 1.54) is 0 Å². The van der Waals surface area contributed by atoms with Gasteiger partial charge in [-0.2, -0.15) is 0 Å². The Bertz CT molecular complexity index is 140. The van der Waals surface area contributed by atoms with Crippen LogP contribution in [-0.4, -0.2) is 11.8 Å². The Morgan fingerprint density at radius 3 is 2.27 bits per heavy atom. The summed E-state index contributed by atoms with van der Waals surface area (Å²) in [5.41, 5.74) is 5.83. The quantitative estimate of drug-likeness (QED) is 0.675. The molecule has 1 atom stereocenters. The van der Waals surface area contributed by atoms with Crippen LogP contribution in [0.3, 0.4) is 0 Å². The Morgan fingerprint density at radius 2 is 2.00 bits per heavy atom. The lowest BCUT2D eigenvalue weighted by molar-refractivity contribution is -0.118. The topological polar surface area (TPSA) is 43.1 Å². The van der Waals surface area contributed by atoms with Crippen molar-refractivity contribution in [2.24, 2.45) is 11.1 Å². The molecule has 0 saturated carbocycles. The minimum Gasteiger partial charge on any atom is -0.322 e. The Hall–Kier alpha value is -0.370. The molecule has 2 heteroatoms. The van der Waals surface area contributed by atoms with E-state index in [2.05, 4.69) is 20.8 Å². The third kappa shape index (κ3) is 4.14. The highest BCUT2D eigenvalue weighted by molar-refractivity contribution is 5.81. The van der Waals surface area contributed by atoms with Crippen molar-refractivity contribution in [1.82, 2.24) is 0 Å². The Morgan fingerprint density at radius 1 is 1.55 bits per heavy atom. The molecule has 0 aliphatic rings. The van der Waals surface area contributed by atoms with Crippen LogP contribution in [0.4, 0.5) is 0 Å². The summed E-state index contributed by atoms with van der Waals surface area (Å²) in [6, 6.07) is -0.273. The first-order chi connectivity index (χ1) is 4.89. The zero-order chi connectivity index (χ0) is 9.07. The van der Waals surface area contributed by atoms with Crippen molar-refractivity contribution in [3.63, 3.8) is 0 Å². The average Bonchev–Trinajstić information content (AvgIpc) is 1.87. The van der Waals surface area contributed by atoms with Crippen molar-refractivity contribution in [2.75, 3.05) is 0 Å². The molecular weight excluding hydrogens is 138 g/mol. The van der Waals surface area contributed by atoms with Crippen LogP contribution < -0.4 is 5.73 Å². The summed E-state index contributed by atoms with van der Waals surface area (Å²) in [4.78, 5) is 10.8. The van der Waals surface area contributed by atoms with Gasteiger partial charge in [-0.15, -0.1) is 0 Å². The summed E-state index contributed by atoms with van der Waals surface area (Å²) >= 11 is 0. The second-order valence-electron chi connectivity index (χ2n) is 3.94. The molecule has 0 saturated heterocycles. The molecule has 0 unspecified atom stereocenters. The summed E-state index contributed by atoms with van der Waals surface area (Å²) in [6.45, 7) is 7.94. The van der Waals surface area contributed by atoms with Crippen molar-refractivity contribution in [3.05, 3.63) is 0 Å². The minimum absolute atomic E-state index is 0.0894. The molecule has 0 aromatic heterocycles. The van der Waals surface area contributed by atoms with Gasteiger partial charge in [0, 0.05) is 0 Å². The van der Waals surface area contributed by atoms with Gasteiger partial charge >= 0.3 is 0 Å². The van der Waals surface area contributed by atoms with Gasteiger partial charge in [-0.1, -0.05) is 27.2 Å². The molecule has 0 heterocycles. The standard InChI is InChI=1S/C9H19NO/c1-5-9(3,4)6-8(10)7(2)11/h8H,5-6,10H2,1-4H3/t8-/m0/s1. The summed E-state index contributed by atoms with van der Waals surface area (Å²) in [7, 11) is 0. The van der Waals surface area contributed by atoms with Crippen LogP contribution in [0.15, 0.2) is 0 Å². The highest BCUT2D eigenvalue weighted by Crippen LogP contribution is 2.25. The smallest absolute Gasteiger partial charge is 0.146 e. The third-order valence-corrected chi connectivity index (χ3v) is 2.25. The number of carbonyl (C=O) groups excluding carboxylic acids is 1. The molecule has 0 rings (SSSR count). The monoisotopic (exact) mass is 157 g/mol. The lowest BCUT2D eigenvalue weighted by Gasteiger charge is -2.24. The van der Waals surface area contributed by atoms with Gasteiger partial charge in [0.2, 0.25) is 0 Å². The lowest BCUT2D eigenvalue weighted by atomic mass is 9.83. The molecule has 0 fully saturated rings. The SMILES string of the molecule is CCC(C)(C)C[C@H](N)C(C)=O. The maximum absolute atomic E-state index is 10.8. The van der Waals surface area contributed by atoms with E-state index in [1.54, 1.807) is 6.92 Å². The van der Waals surface area contributed by atoms with E-state index in [9.17, 15) is 4.79 Å². The van der Waals surface area contributed by atoms with Crippen LogP contribution >= 0.6 is 0 Å². The fourth-order valence-corrected chi connectivity index (χ4v) is 0.883. The maximum Gasteiger partial charge on any atom is 0.146 e. The third-order valence-electron chi connectivity index (χ3n) is 2.25. The van der Waals surface area contributed by atoms with E-state index in [1.807, 2.05) is 0 Å². The highest BCUT2D eigenvalue weighted by Gasteiger charge is 2.21. The number of rotatable bonds is 4. The van der Waals surface area contributed by atoms with Crippen molar-refractivity contribution in [1.29, 1.82) is 0 Å². The molecule has 2 nitrogen and oxygen atoms in total. The zero-order valence-corrected chi connectivity index (χ0v) is 7.98.